The van der Waals surface area contributed by atoms with Crippen molar-refractivity contribution in [3.8, 4) is 0 Å². The van der Waals surface area contributed by atoms with Gasteiger partial charge in [0.2, 0.25) is 0 Å². The first-order chi connectivity index (χ1) is 9.69. The van der Waals surface area contributed by atoms with Crippen molar-refractivity contribution in [1.82, 2.24) is 9.88 Å². The third-order valence-electron chi connectivity index (χ3n) is 3.24. The molecule has 3 rings (SSSR count). The number of nitrogens with two attached hydrogens (primary N) is 1. The molecule has 2 aromatic rings. The summed E-state index contributed by atoms with van der Waals surface area (Å²) in [4.78, 5) is 21.0. The molecule has 0 atom stereocenters. The van der Waals surface area contributed by atoms with Crippen molar-refractivity contribution in [3.63, 3.8) is 0 Å². The molecule has 1 aromatic heterocycles. The molecule has 20 heavy (non-hydrogen) atoms. The topological polar surface area (TPSA) is 74.5 Å². The number of benzene rings is 1. The second-order valence-corrected chi connectivity index (χ2v) is 5.74. The number of hydrogen-bond acceptors (Lipinski definition) is 5. The maximum Gasteiger partial charge on any atom is 0.324 e. The lowest BCUT2D eigenvalue weighted by molar-refractivity contribution is 0.210. The molecule has 104 valence electrons. The van der Waals surface area contributed by atoms with Crippen molar-refractivity contribution >= 4 is 28.2 Å². The van der Waals surface area contributed by atoms with Crippen LogP contribution in [0.15, 0.2) is 30.5 Å². The normalized spacial score (nSPS) is 14.4. The number of rotatable bonds is 3. The molecule has 0 radical (unpaired) electrons. The number of nitrogen functional groups attached to an aromatic ring is 1. The van der Waals surface area contributed by atoms with Crippen molar-refractivity contribution in [3.05, 3.63) is 40.9 Å². The van der Waals surface area contributed by atoms with Gasteiger partial charge in [0.1, 0.15) is 0 Å². The zero-order chi connectivity index (χ0) is 14.1. The van der Waals surface area contributed by atoms with Gasteiger partial charge in [0.25, 0.3) is 0 Å². The number of hydrogen-bond donors (Lipinski definition) is 2. The molecule has 0 saturated carbocycles. The third kappa shape index (κ3) is 2.21. The maximum absolute atomic E-state index is 12.4. The number of anilines is 2. The molecular weight excluding hydrogens is 274 g/mol. The number of para-hydroxylation sites is 1. The Morgan fingerprint density at radius 2 is 2.25 bits per heavy atom. The number of aromatic nitrogens is 1. The predicted octanol–water partition coefficient (Wildman–Crippen LogP) is 2.00. The van der Waals surface area contributed by atoms with Gasteiger partial charge in [-0.25, -0.2) is 15.6 Å². The monoisotopic (exact) mass is 289 g/mol. The van der Waals surface area contributed by atoms with E-state index in [-0.39, 0.29) is 6.03 Å². The van der Waals surface area contributed by atoms with Gasteiger partial charge in [-0.3, -0.25) is 10.3 Å². The number of hydrazine groups is 1. The number of carbonyl (C=O) groups is 1. The molecular formula is C13H15N5OS. The third-order valence-corrected chi connectivity index (χ3v) is 4.15. The SMILES string of the molecule is CN1Cc2ccccc2N(Cc2cnc(NN)s2)C1=O. The fraction of sp³-hybridized carbons (Fsp3) is 0.231. The summed E-state index contributed by atoms with van der Waals surface area (Å²) in [6.45, 7) is 1.14. The fourth-order valence-corrected chi connectivity index (χ4v) is 3.01. The van der Waals surface area contributed by atoms with Crippen molar-refractivity contribution in [2.45, 2.75) is 13.1 Å². The molecule has 0 fully saturated rings. The minimum absolute atomic E-state index is 0.000595. The molecule has 0 unspecified atom stereocenters. The first kappa shape index (κ1) is 12.9. The van der Waals surface area contributed by atoms with Crippen LogP contribution >= 0.6 is 11.3 Å². The van der Waals surface area contributed by atoms with E-state index in [4.69, 9.17) is 5.84 Å². The van der Waals surface area contributed by atoms with Crippen LogP contribution in [0, 0.1) is 0 Å². The number of carbonyl (C=O) groups excluding carboxylic acids is 1. The molecule has 7 heteroatoms. The van der Waals surface area contributed by atoms with E-state index < -0.39 is 0 Å². The van der Waals surface area contributed by atoms with E-state index in [1.807, 2.05) is 31.3 Å². The summed E-state index contributed by atoms with van der Waals surface area (Å²) in [5.74, 6) is 5.33. The average molecular weight is 289 g/mol. The van der Waals surface area contributed by atoms with Crippen molar-refractivity contribution in [2.24, 2.45) is 5.84 Å². The predicted molar refractivity (Wildman–Crippen MR) is 79.4 cm³/mol. The fourth-order valence-electron chi connectivity index (χ4n) is 2.30. The Balaban J connectivity index is 1.92. The largest absolute Gasteiger partial charge is 0.324 e. The smallest absolute Gasteiger partial charge is 0.323 e. The molecule has 0 saturated heterocycles. The average Bonchev–Trinajstić information content (AvgIpc) is 2.91. The van der Waals surface area contributed by atoms with Gasteiger partial charge in [0, 0.05) is 24.7 Å². The van der Waals surface area contributed by atoms with Gasteiger partial charge in [0.15, 0.2) is 5.13 Å². The number of nitrogens with one attached hydrogen (secondary N) is 1. The van der Waals surface area contributed by atoms with Gasteiger partial charge in [-0.15, -0.1) is 0 Å². The lowest BCUT2D eigenvalue weighted by atomic mass is 10.1. The molecule has 0 spiro atoms. The van der Waals surface area contributed by atoms with Crippen LogP contribution in [-0.4, -0.2) is 23.0 Å². The molecule has 0 aliphatic carbocycles. The summed E-state index contributed by atoms with van der Waals surface area (Å²) >= 11 is 1.44. The van der Waals surface area contributed by atoms with E-state index in [1.165, 1.54) is 11.3 Å². The van der Waals surface area contributed by atoms with Gasteiger partial charge in [-0.1, -0.05) is 29.5 Å². The van der Waals surface area contributed by atoms with Crippen molar-refractivity contribution in [1.29, 1.82) is 0 Å². The van der Waals surface area contributed by atoms with Crippen LogP contribution in [0.4, 0.5) is 15.6 Å². The maximum atomic E-state index is 12.4. The Hall–Kier alpha value is -2.12. The highest BCUT2D eigenvalue weighted by molar-refractivity contribution is 7.15. The summed E-state index contributed by atoms with van der Waals surface area (Å²) in [5.41, 5.74) is 4.63. The first-order valence-corrected chi connectivity index (χ1v) is 7.02. The van der Waals surface area contributed by atoms with Crippen LogP contribution in [0.1, 0.15) is 10.4 Å². The summed E-state index contributed by atoms with van der Waals surface area (Å²) in [6.07, 6.45) is 1.74. The Morgan fingerprint density at radius 3 is 3.00 bits per heavy atom. The number of thiazole rings is 1. The number of amides is 2. The molecule has 2 amide bonds. The van der Waals surface area contributed by atoms with E-state index in [0.717, 1.165) is 16.1 Å². The Morgan fingerprint density at radius 1 is 1.45 bits per heavy atom. The lowest BCUT2D eigenvalue weighted by Crippen LogP contribution is -2.44. The Bertz CT molecular complexity index is 641. The van der Waals surface area contributed by atoms with Crippen LogP contribution in [0.5, 0.6) is 0 Å². The van der Waals surface area contributed by atoms with Crippen LogP contribution in [0.2, 0.25) is 0 Å². The molecule has 6 nitrogen and oxygen atoms in total. The van der Waals surface area contributed by atoms with Crippen LogP contribution in [0.25, 0.3) is 0 Å². The van der Waals surface area contributed by atoms with Gasteiger partial charge < -0.3 is 4.90 Å². The minimum Gasteiger partial charge on any atom is -0.323 e. The first-order valence-electron chi connectivity index (χ1n) is 6.21. The molecule has 0 bridgehead atoms. The van der Waals surface area contributed by atoms with E-state index in [2.05, 4.69) is 10.4 Å². The van der Waals surface area contributed by atoms with Crippen molar-refractivity contribution in [2.75, 3.05) is 17.4 Å². The highest BCUT2D eigenvalue weighted by atomic mass is 32.1. The van der Waals surface area contributed by atoms with E-state index in [1.54, 1.807) is 16.0 Å². The zero-order valence-corrected chi connectivity index (χ0v) is 11.9. The molecule has 2 heterocycles. The highest BCUT2D eigenvalue weighted by Gasteiger charge is 2.28. The standard InChI is InChI=1S/C13H15N5OS/c1-17-7-9-4-2-3-5-11(9)18(13(17)19)8-10-6-15-12(16-14)20-10/h2-6H,7-8,14H2,1H3,(H,15,16). The quantitative estimate of drug-likeness (QED) is 0.669. The molecule has 1 aromatic carbocycles. The van der Waals surface area contributed by atoms with Crippen LogP contribution in [-0.2, 0) is 13.1 Å². The van der Waals surface area contributed by atoms with E-state index in [0.29, 0.717) is 18.2 Å². The number of nitrogens with zero attached hydrogens (tertiary/aromatic N) is 3. The zero-order valence-electron chi connectivity index (χ0n) is 11.0. The van der Waals surface area contributed by atoms with E-state index >= 15 is 0 Å². The number of urea groups is 1. The number of fused-ring (bicyclic) bond motifs is 1. The second-order valence-electron chi connectivity index (χ2n) is 4.63. The van der Waals surface area contributed by atoms with Gasteiger partial charge in [-0.05, 0) is 11.6 Å². The Labute approximate surface area is 120 Å². The van der Waals surface area contributed by atoms with E-state index in [9.17, 15) is 4.79 Å². The minimum atomic E-state index is -0.000595. The second kappa shape index (κ2) is 5.10. The van der Waals surface area contributed by atoms with Gasteiger partial charge in [0.05, 0.1) is 12.2 Å². The Kier molecular flexibility index (Phi) is 3.29. The van der Waals surface area contributed by atoms with Crippen molar-refractivity contribution < 1.29 is 4.79 Å². The molecule has 1 aliphatic rings. The highest BCUT2D eigenvalue weighted by Crippen LogP contribution is 2.30. The lowest BCUT2D eigenvalue weighted by Gasteiger charge is -2.34. The van der Waals surface area contributed by atoms with Crippen LogP contribution < -0.4 is 16.2 Å². The summed E-state index contributed by atoms with van der Waals surface area (Å²) in [5, 5.41) is 0.645. The van der Waals surface area contributed by atoms with Gasteiger partial charge >= 0.3 is 6.03 Å². The van der Waals surface area contributed by atoms with Gasteiger partial charge in [-0.2, -0.15) is 0 Å². The summed E-state index contributed by atoms with van der Waals surface area (Å²) < 4.78 is 0. The summed E-state index contributed by atoms with van der Waals surface area (Å²) in [6, 6.07) is 7.96. The van der Waals surface area contributed by atoms with Crippen LogP contribution in [0.3, 0.4) is 0 Å². The molecule has 3 N–H and O–H groups in total. The molecule has 1 aliphatic heterocycles. The summed E-state index contributed by atoms with van der Waals surface area (Å²) in [7, 11) is 1.81.